The topological polar surface area (TPSA) is 30.0 Å². The molecular formula is C13H8BrClFNO. The Balaban J connectivity index is 2.27. The summed E-state index contributed by atoms with van der Waals surface area (Å²) >= 11 is 9.01. The molecule has 0 radical (unpaired) electrons. The first-order valence-corrected chi connectivity index (χ1v) is 6.32. The Morgan fingerprint density at radius 2 is 2.17 bits per heavy atom. The third-order valence-electron chi connectivity index (χ3n) is 2.38. The van der Waals surface area contributed by atoms with Gasteiger partial charge in [0.25, 0.3) is 0 Å². The fourth-order valence-corrected chi connectivity index (χ4v) is 2.20. The van der Waals surface area contributed by atoms with E-state index < -0.39 is 5.82 Å². The van der Waals surface area contributed by atoms with Crippen molar-refractivity contribution in [3.8, 4) is 0 Å². The lowest BCUT2D eigenvalue weighted by atomic mass is 10.1. The second-order valence-electron chi connectivity index (χ2n) is 3.67. The van der Waals surface area contributed by atoms with Gasteiger partial charge in [-0.2, -0.15) is 0 Å². The van der Waals surface area contributed by atoms with Gasteiger partial charge in [0.1, 0.15) is 11.5 Å². The zero-order valence-electron chi connectivity index (χ0n) is 9.16. The predicted molar refractivity (Wildman–Crippen MR) is 71.4 cm³/mol. The van der Waals surface area contributed by atoms with Crippen LogP contribution in [0.4, 0.5) is 4.39 Å². The van der Waals surface area contributed by atoms with Gasteiger partial charge in [-0.25, -0.2) is 4.39 Å². The van der Waals surface area contributed by atoms with Gasteiger partial charge in [0.15, 0.2) is 5.78 Å². The number of halogens is 3. The highest BCUT2D eigenvalue weighted by atomic mass is 79.9. The number of rotatable bonds is 3. The molecular weight excluding hydrogens is 321 g/mol. The van der Waals surface area contributed by atoms with Crippen LogP contribution < -0.4 is 0 Å². The Labute approximate surface area is 117 Å². The molecule has 5 heteroatoms. The molecule has 0 spiro atoms. The van der Waals surface area contributed by atoms with E-state index in [1.807, 2.05) is 0 Å². The SMILES string of the molecule is O=C(Cc1cc(Cl)ccc1F)c1ncccc1Br. The molecule has 0 unspecified atom stereocenters. The first-order valence-electron chi connectivity index (χ1n) is 5.15. The van der Waals surface area contributed by atoms with E-state index in [4.69, 9.17) is 11.6 Å². The van der Waals surface area contributed by atoms with E-state index in [1.165, 1.54) is 24.4 Å². The van der Waals surface area contributed by atoms with E-state index in [0.717, 1.165) is 0 Å². The van der Waals surface area contributed by atoms with E-state index in [0.29, 0.717) is 9.50 Å². The number of pyridine rings is 1. The van der Waals surface area contributed by atoms with Crippen LogP contribution >= 0.6 is 27.5 Å². The summed E-state index contributed by atoms with van der Waals surface area (Å²) < 4.78 is 14.1. The second-order valence-corrected chi connectivity index (χ2v) is 4.96. The average molecular weight is 329 g/mol. The van der Waals surface area contributed by atoms with Crippen molar-refractivity contribution >= 4 is 33.3 Å². The molecule has 1 aromatic carbocycles. The van der Waals surface area contributed by atoms with Gasteiger partial charge in [0.2, 0.25) is 0 Å². The van der Waals surface area contributed by atoms with E-state index in [-0.39, 0.29) is 23.5 Å². The largest absolute Gasteiger partial charge is 0.292 e. The van der Waals surface area contributed by atoms with E-state index >= 15 is 0 Å². The predicted octanol–water partition coefficient (Wildman–Crippen LogP) is 4.06. The summed E-state index contributed by atoms with van der Waals surface area (Å²) in [6, 6.07) is 7.57. The molecule has 0 saturated carbocycles. The minimum atomic E-state index is -0.445. The summed E-state index contributed by atoms with van der Waals surface area (Å²) in [6.45, 7) is 0. The maximum Gasteiger partial charge on any atom is 0.186 e. The van der Waals surface area contributed by atoms with Crippen LogP contribution in [0.5, 0.6) is 0 Å². The summed E-state index contributed by atoms with van der Waals surface area (Å²) in [5, 5.41) is 0.402. The molecule has 2 aromatic rings. The number of benzene rings is 1. The van der Waals surface area contributed by atoms with Crippen LogP contribution in [0.15, 0.2) is 41.0 Å². The van der Waals surface area contributed by atoms with E-state index in [9.17, 15) is 9.18 Å². The standard InChI is InChI=1S/C13H8BrClFNO/c14-10-2-1-5-17-13(10)12(18)7-8-6-9(15)3-4-11(8)16/h1-6H,7H2. The van der Waals surface area contributed by atoms with Crippen LogP contribution in [-0.4, -0.2) is 10.8 Å². The lowest BCUT2D eigenvalue weighted by molar-refractivity contribution is 0.0986. The number of ketones is 1. The molecule has 1 heterocycles. The number of carbonyl (C=O) groups is 1. The fraction of sp³-hybridized carbons (Fsp3) is 0.0769. The summed E-state index contributed by atoms with van der Waals surface area (Å²) in [7, 11) is 0. The van der Waals surface area contributed by atoms with Gasteiger partial charge in [0, 0.05) is 22.1 Å². The van der Waals surface area contributed by atoms with Gasteiger partial charge in [-0.05, 0) is 51.8 Å². The van der Waals surface area contributed by atoms with Crippen molar-refractivity contribution in [3.05, 3.63) is 63.1 Å². The van der Waals surface area contributed by atoms with E-state index in [2.05, 4.69) is 20.9 Å². The lowest BCUT2D eigenvalue weighted by Gasteiger charge is -2.04. The Hall–Kier alpha value is -1.26. The zero-order valence-corrected chi connectivity index (χ0v) is 11.5. The van der Waals surface area contributed by atoms with Crippen molar-refractivity contribution in [1.29, 1.82) is 0 Å². The van der Waals surface area contributed by atoms with Crippen molar-refractivity contribution in [2.45, 2.75) is 6.42 Å². The third kappa shape index (κ3) is 2.94. The second kappa shape index (κ2) is 5.59. The van der Waals surface area contributed by atoms with Gasteiger partial charge in [-0.3, -0.25) is 9.78 Å². The van der Waals surface area contributed by atoms with Crippen molar-refractivity contribution in [3.63, 3.8) is 0 Å². The van der Waals surface area contributed by atoms with Crippen LogP contribution in [-0.2, 0) is 6.42 Å². The Morgan fingerprint density at radius 1 is 1.39 bits per heavy atom. The maximum atomic E-state index is 13.5. The molecule has 0 N–H and O–H groups in total. The molecule has 0 aliphatic carbocycles. The zero-order chi connectivity index (χ0) is 13.1. The van der Waals surface area contributed by atoms with Crippen LogP contribution in [0.2, 0.25) is 5.02 Å². The minimum absolute atomic E-state index is 0.0675. The average Bonchev–Trinajstić information content (AvgIpc) is 2.34. The highest BCUT2D eigenvalue weighted by molar-refractivity contribution is 9.10. The summed E-state index contributed by atoms with van der Waals surface area (Å²) in [4.78, 5) is 16.0. The Kier molecular flexibility index (Phi) is 4.09. The maximum absolute atomic E-state index is 13.5. The van der Waals surface area contributed by atoms with Crippen LogP contribution in [0, 0.1) is 5.82 Å². The first kappa shape index (κ1) is 13.2. The third-order valence-corrected chi connectivity index (χ3v) is 3.26. The number of Topliss-reactive ketones (excluding diaryl/α,β-unsaturated/α-hetero) is 1. The molecule has 0 amide bonds. The van der Waals surface area contributed by atoms with Gasteiger partial charge in [-0.15, -0.1) is 0 Å². The van der Waals surface area contributed by atoms with Crippen molar-refractivity contribution in [2.24, 2.45) is 0 Å². The summed E-state index contributed by atoms with van der Waals surface area (Å²) in [5.74, 6) is -0.705. The van der Waals surface area contributed by atoms with Crippen molar-refractivity contribution in [2.75, 3.05) is 0 Å². The van der Waals surface area contributed by atoms with Gasteiger partial charge < -0.3 is 0 Å². The number of hydrogen-bond donors (Lipinski definition) is 0. The number of nitrogens with zero attached hydrogens (tertiary/aromatic N) is 1. The minimum Gasteiger partial charge on any atom is -0.292 e. The Morgan fingerprint density at radius 3 is 2.89 bits per heavy atom. The first-order chi connectivity index (χ1) is 8.58. The molecule has 0 fully saturated rings. The van der Waals surface area contributed by atoms with Crippen molar-refractivity contribution in [1.82, 2.24) is 4.98 Å². The molecule has 92 valence electrons. The summed E-state index contributed by atoms with van der Waals surface area (Å²) in [6.07, 6.45) is 1.45. The molecule has 0 bridgehead atoms. The highest BCUT2D eigenvalue weighted by Gasteiger charge is 2.14. The molecule has 0 aliphatic rings. The molecule has 2 rings (SSSR count). The molecule has 0 saturated heterocycles. The summed E-state index contributed by atoms with van der Waals surface area (Å²) in [5.41, 5.74) is 0.557. The Bertz CT molecular complexity index is 603. The fourth-order valence-electron chi connectivity index (χ4n) is 1.53. The lowest BCUT2D eigenvalue weighted by Crippen LogP contribution is -2.08. The van der Waals surface area contributed by atoms with Crippen LogP contribution in [0.25, 0.3) is 0 Å². The number of carbonyl (C=O) groups excluding carboxylic acids is 1. The highest BCUT2D eigenvalue weighted by Crippen LogP contribution is 2.19. The number of hydrogen-bond acceptors (Lipinski definition) is 2. The molecule has 18 heavy (non-hydrogen) atoms. The van der Waals surface area contributed by atoms with Gasteiger partial charge >= 0.3 is 0 Å². The van der Waals surface area contributed by atoms with Gasteiger partial charge in [0.05, 0.1) is 0 Å². The monoisotopic (exact) mass is 327 g/mol. The van der Waals surface area contributed by atoms with Crippen LogP contribution in [0.3, 0.4) is 0 Å². The quantitative estimate of drug-likeness (QED) is 0.795. The molecule has 1 aromatic heterocycles. The molecule has 0 atom stereocenters. The van der Waals surface area contributed by atoms with Crippen LogP contribution in [0.1, 0.15) is 16.1 Å². The number of aromatic nitrogens is 1. The smallest absolute Gasteiger partial charge is 0.186 e. The molecule has 0 aliphatic heterocycles. The normalized spacial score (nSPS) is 10.4. The van der Waals surface area contributed by atoms with E-state index in [1.54, 1.807) is 12.1 Å². The van der Waals surface area contributed by atoms with Gasteiger partial charge in [-0.1, -0.05) is 11.6 Å². The van der Waals surface area contributed by atoms with Crippen molar-refractivity contribution < 1.29 is 9.18 Å². The molecule has 2 nitrogen and oxygen atoms in total.